The van der Waals surface area contributed by atoms with E-state index >= 15 is 0 Å². The van der Waals surface area contributed by atoms with E-state index in [4.69, 9.17) is 4.52 Å². The highest BCUT2D eigenvalue weighted by Gasteiger charge is 2.23. The van der Waals surface area contributed by atoms with Gasteiger partial charge in [-0.25, -0.2) is 4.39 Å². The summed E-state index contributed by atoms with van der Waals surface area (Å²) < 4.78 is 18.9. The van der Waals surface area contributed by atoms with Gasteiger partial charge in [-0.3, -0.25) is 5.21 Å². The fraction of sp³-hybridized carbons (Fsp3) is 0.0769. The molecule has 0 atom stereocenters. The zero-order valence-corrected chi connectivity index (χ0v) is 9.59. The molecule has 0 aliphatic carbocycles. The number of hydrogen-bond acceptors (Lipinski definition) is 3. The normalized spacial score (nSPS) is 11.0. The highest BCUT2D eigenvalue weighted by atomic mass is 19.1. The summed E-state index contributed by atoms with van der Waals surface area (Å²) in [6.45, 7) is 1.74. The molecule has 90 valence electrons. The van der Waals surface area contributed by atoms with Crippen molar-refractivity contribution in [3.05, 3.63) is 47.9 Å². The summed E-state index contributed by atoms with van der Waals surface area (Å²) in [7, 11) is 0. The van der Waals surface area contributed by atoms with Gasteiger partial charge in [0, 0.05) is 10.8 Å². The zero-order chi connectivity index (χ0) is 12.7. The maximum Gasteiger partial charge on any atom is 0.327 e. The van der Waals surface area contributed by atoms with Gasteiger partial charge in [0.25, 0.3) is 5.69 Å². The van der Waals surface area contributed by atoms with Gasteiger partial charge < -0.3 is 4.52 Å². The second kappa shape index (κ2) is 3.80. The summed E-state index contributed by atoms with van der Waals surface area (Å²) >= 11 is 0. The molecule has 2 heterocycles. The Hall–Kier alpha value is -2.43. The Morgan fingerprint density at radius 1 is 1.17 bits per heavy atom. The largest absolute Gasteiger partial charge is 0.349 e. The molecule has 1 aromatic carbocycles. The van der Waals surface area contributed by atoms with Crippen molar-refractivity contribution >= 4 is 11.1 Å². The number of halogens is 1. The van der Waals surface area contributed by atoms with Gasteiger partial charge in [-0.1, -0.05) is 5.16 Å². The van der Waals surface area contributed by atoms with Crippen LogP contribution in [0.5, 0.6) is 0 Å². The van der Waals surface area contributed by atoms with Gasteiger partial charge >= 0.3 is 5.52 Å². The Kier molecular flexibility index (Phi) is 2.26. The van der Waals surface area contributed by atoms with Crippen molar-refractivity contribution in [2.24, 2.45) is 0 Å². The van der Waals surface area contributed by atoms with Gasteiger partial charge in [-0.05, 0) is 37.3 Å². The minimum Gasteiger partial charge on any atom is -0.349 e. The van der Waals surface area contributed by atoms with Crippen LogP contribution >= 0.6 is 0 Å². The van der Waals surface area contributed by atoms with Crippen LogP contribution in [-0.2, 0) is 0 Å². The fourth-order valence-electron chi connectivity index (χ4n) is 1.93. The van der Waals surface area contributed by atoms with E-state index in [1.54, 1.807) is 31.2 Å². The van der Waals surface area contributed by atoms with Crippen molar-refractivity contribution in [1.82, 2.24) is 5.16 Å². The van der Waals surface area contributed by atoms with Crippen LogP contribution in [0.25, 0.3) is 22.4 Å². The highest BCUT2D eigenvalue weighted by Crippen LogP contribution is 2.20. The first kappa shape index (κ1) is 10.7. The number of pyridine rings is 1. The van der Waals surface area contributed by atoms with Crippen molar-refractivity contribution in [2.45, 2.75) is 6.92 Å². The minimum absolute atomic E-state index is 0.314. The fourth-order valence-corrected chi connectivity index (χ4v) is 1.93. The molecular formula is C13H10FN2O2+. The van der Waals surface area contributed by atoms with E-state index in [-0.39, 0.29) is 5.82 Å². The van der Waals surface area contributed by atoms with Crippen molar-refractivity contribution in [1.29, 1.82) is 0 Å². The Bertz CT molecular complexity index is 720. The lowest BCUT2D eigenvalue weighted by molar-refractivity contribution is -0.876. The number of benzene rings is 1. The molecule has 1 N–H and O–H groups in total. The summed E-state index contributed by atoms with van der Waals surface area (Å²) in [5, 5.41) is 14.0. The molecule has 0 fully saturated rings. The van der Waals surface area contributed by atoms with Crippen LogP contribution in [0.2, 0.25) is 0 Å². The Balaban J connectivity index is 2.26. The molecule has 0 bridgehead atoms. The van der Waals surface area contributed by atoms with Crippen molar-refractivity contribution in [3.8, 4) is 11.3 Å². The lowest BCUT2D eigenvalue weighted by Gasteiger charge is -1.97. The maximum atomic E-state index is 12.9. The van der Waals surface area contributed by atoms with Crippen LogP contribution in [0, 0.1) is 12.7 Å². The summed E-state index contributed by atoms with van der Waals surface area (Å²) in [6, 6.07) is 9.32. The molecule has 18 heavy (non-hydrogen) atoms. The standard InChI is InChI=1S/C13H10FN2O2/c1-8-13-12(18-15-8)7-6-11(16(13)17)9-2-4-10(14)5-3-9/h2-7,17H,1H3/q+1. The predicted octanol–water partition coefficient (Wildman–Crippen LogP) is 2.47. The number of fused-ring (bicyclic) bond motifs is 1. The molecule has 5 heteroatoms. The average Bonchev–Trinajstić information content (AvgIpc) is 2.74. The number of hydrogen-bond donors (Lipinski definition) is 1. The summed E-state index contributed by atoms with van der Waals surface area (Å²) in [4.78, 5) is 0. The first-order valence-corrected chi connectivity index (χ1v) is 5.43. The van der Waals surface area contributed by atoms with E-state index in [2.05, 4.69) is 5.16 Å². The molecule has 0 saturated heterocycles. The zero-order valence-electron chi connectivity index (χ0n) is 9.59. The van der Waals surface area contributed by atoms with E-state index in [1.165, 1.54) is 12.1 Å². The smallest absolute Gasteiger partial charge is 0.327 e. The van der Waals surface area contributed by atoms with Gasteiger partial charge in [-0.15, -0.1) is 0 Å². The number of aryl methyl sites for hydroxylation is 1. The Morgan fingerprint density at radius 3 is 2.61 bits per heavy atom. The predicted molar refractivity (Wildman–Crippen MR) is 61.5 cm³/mol. The molecule has 0 amide bonds. The van der Waals surface area contributed by atoms with Gasteiger partial charge in [0.15, 0.2) is 5.69 Å². The molecule has 0 saturated carbocycles. The number of aromatic nitrogens is 2. The van der Waals surface area contributed by atoms with Crippen molar-refractivity contribution < 1.29 is 18.9 Å². The summed E-state index contributed by atoms with van der Waals surface area (Å²) in [5.74, 6) is -0.314. The van der Waals surface area contributed by atoms with Crippen LogP contribution in [0.3, 0.4) is 0 Å². The second-order valence-electron chi connectivity index (χ2n) is 4.02. The molecule has 4 nitrogen and oxygen atoms in total. The van der Waals surface area contributed by atoms with Gasteiger partial charge in [0.1, 0.15) is 5.82 Å². The van der Waals surface area contributed by atoms with Crippen molar-refractivity contribution in [2.75, 3.05) is 0 Å². The summed E-state index contributed by atoms with van der Waals surface area (Å²) in [5.41, 5.74) is 2.87. The highest BCUT2D eigenvalue weighted by molar-refractivity contribution is 5.73. The number of rotatable bonds is 1. The minimum atomic E-state index is -0.314. The lowest BCUT2D eigenvalue weighted by Crippen LogP contribution is -2.33. The van der Waals surface area contributed by atoms with Crippen molar-refractivity contribution in [3.63, 3.8) is 0 Å². The molecule has 0 aliphatic heterocycles. The molecule has 3 aromatic rings. The average molecular weight is 245 g/mol. The molecule has 0 radical (unpaired) electrons. The first-order valence-electron chi connectivity index (χ1n) is 5.43. The van der Waals surface area contributed by atoms with E-state index in [9.17, 15) is 9.60 Å². The molecule has 0 unspecified atom stereocenters. The topological polar surface area (TPSA) is 50.1 Å². The van der Waals surface area contributed by atoms with Crippen LogP contribution in [0.4, 0.5) is 4.39 Å². The quantitative estimate of drug-likeness (QED) is 0.529. The van der Waals surface area contributed by atoms with E-state index < -0.39 is 0 Å². The first-order chi connectivity index (χ1) is 8.66. The Morgan fingerprint density at radius 2 is 1.89 bits per heavy atom. The maximum absolute atomic E-state index is 12.9. The van der Waals surface area contributed by atoms with Crippen LogP contribution in [0.15, 0.2) is 40.9 Å². The third-order valence-electron chi connectivity index (χ3n) is 2.83. The lowest BCUT2D eigenvalue weighted by atomic mass is 10.1. The second-order valence-corrected chi connectivity index (χ2v) is 4.02. The third kappa shape index (κ3) is 1.52. The molecule has 0 aliphatic rings. The van der Waals surface area contributed by atoms with E-state index in [1.807, 2.05) is 0 Å². The summed E-state index contributed by atoms with van der Waals surface area (Å²) in [6.07, 6.45) is 0. The number of nitrogens with zero attached hydrogens (tertiary/aromatic N) is 2. The van der Waals surface area contributed by atoms with Crippen LogP contribution < -0.4 is 4.73 Å². The molecule has 2 aromatic heterocycles. The van der Waals surface area contributed by atoms with Gasteiger partial charge in [0.05, 0.1) is 5.56 Å². The Labute approximate surface area is 102 Å². The van der Waals surface area contributed by atoms with Gasteiger partial charge in [-0.2, -0.15) is 0 Å². The molecule has 0 spiro atoms. The molecular weight excluding hydrogens is 235 g/mol. The molecule has 3 rings (SSSR count). The van der Waals surface area contributed by atoms with E-state index in [0.717, 1.165) is 4.73 Å². The third-order valence-corrected chi connectivity index (χ3v) is 2.83. The SMILES string of the molecule is Cc1noc2ccc(-c3ccc(F)cc3)[n+](O)c12. The van der Waals surface area contributed by atoms with E-state index in [0.29, 0.717) is 28.1 Å². The van der Waals surface area contributed by atoms with Crippen LogP contribution in [0.1, 0.15) is 5.69 Å². The van der Waals surface area contributed by atoms with Crippen LogP contribution in [-0.4, -0.2) is 10.4 Å². The van der Waals surface area contributed by atoms with Gasteiger partial charge in [0.2, 0.25) is 5.58 Å². The monoisotopic (exact) mass is 245 g/mol.